The van der Waals surface area contributed by atoms with Crippen molar-refractivity contribution in [2.45, 2.75) is 40.0 Å². The van der Waals surface area contributed by atoms with Crippen molar-refractivity contribution in [2.75, 3.05) is 19.8 Å². The quantitative estimate of drug-likeness (QED) is 0.220. The van der Waals surface area contributed by atoms with E-state index >= 15 is 0 Å². The van der Waals surface area contributed by atoms with Crippen molar-refractivity contribution >= 4 is 5.97 Å². The van der Waals surface area contributed by atoms with Crippen molar-refractivity contribution in [1.82, 2.24) is 0 Å². The molecule has 0 amide bonds. The molecule has 4 rings (SSSR count). The van der Waals surface area contributed by atoms with E-state index in [-0.39, 0.29) is 17.2 Å². The van der Waals surface area contributed by atoms with Gasteiger partial charge in [0, 0.05) is 11.6 Å². The summed E-state index contributed by atoms with van der Waals surface area (Å²) < 4.78 is 28.7. The zero-order valence-corrected chi connectivity index (χ0v) is 23.2. The predicted molar refractivity (Wildman–Crippen MR) is 151 cm³/mol. The summed E-state index contributed by atoms with van der Waals surface area (Å²) in [4.78, 5) is 12.7. The second kappa shape index (κ2) is 12.9. The molecule has 0 saturated carbocycles. The summed E-state index contributed by atoms with van der Waals surface area (Å²) in [5, 5.41) is 9.96. The van der Waals surface area contributed by atoms with Crippen LogP contribution in [-0.2, 0) is 0 Å². The third-order valence-electron chi connectivity index (χ3n) is 6.36. The predicted octanol–water partition coefficient (Wildman–Crippen LogP) is 6.35. The van der Waals surface area contributed by atoms with E-state index < -0.39 is 11.9 Å². The van der Waals surface area contributed by atoms with Crippen molar-refractivity contribution in [3.8, 4) is 34.8 Å². The van der Waals surface area contributed by atoms with Gasteiger partial charge in [-0.1, -0.05) is 26.0 Å². The molecule has 3 aromatic carbocycles. The molecule has 40 heavy (non-hydrogen) atoms. The number of carbonyl (C=O) groups excluding carboxylic acids is 1. The summed E-state index contributed by atoms with van der Waals surface area (Å²) >= 11 is 0. The number of fused-ring (bicyclic) bond motifs is 1. The van der Waals surface area contributed by atoms with E-state index in [1.165, 1.54) is 0 Å². The maximum Gasteiger partial charge on any atom is 0.343 e. The largest absolute Gasteiger partial charge is 0.494 e. The molecule has 1 heterocycles. The van der Waals surface area contributed by atoms with E-state index in [1.807, 2.05) is 32.0 Å². The highest BCUT2D eigenvalue weighted by Crippen LogP contribution is 2.45. The SMILES string of the molecule is CCOc1ccc(C(=O)Oc2ccc3c(c2)OC(N)=C(C#N)C3c2ccc(OCCC(C)C)c(OCC)c2)cc1. The van der Waals surface area contributed by atoms with Gasteiger partial charge in [-0.2, -0.15) is 5.26 Å². The van der Waals surface area contributed by atoms with Crippen LogP contribution in [-0.4, -0.2) is 25.8 Å². The van der Waals surface area contributed by atoms with Gasteiger partial charge >= 0.3 is 5.97 Å². The Hall–Kier alpha value is -4.64. The first-order valence-electron chi connectivity index (χ1n) is 13.4. The fraction of sp³-hybridized carbons (Fsp3) is 0.312. The Morgan fingerprint density at radius 2 is 1.68 bits per heavy atom. The number of allylic oxidation sites excluding steroid dienone is 1. The van der Waals surface area contributed by atoms with Crippen LogP contribution in [0.15, 0.2) is 72.1 Å². The van der Waals surface area contributed by atoms with Crippen LogP contribution in [0.3, 0.4) is 0 Å². The van der Waals surface area contributed by atoms with Crippen molar-refractivity contribution in [2.24, 2.45) is 11.7 Å². The van der Waals surface area contributed by atoms with Gasteiger partial charge in [-0.3, -0.25) is 0 Å². The Kier molecular flexibility index (Phi) is 9.18. The number of hydrogen-bond acceptors (Lipinski definition) is 8. The van der Waals surface area contributed by atoms with Gasteiger partial charge in [0.15, 0.2) is 11.5 Å². The first kappa shape index (κ1) is 28.4. The molecule has 1 atom stereocenters. The lowest BCUT2D eigenvalue weighted by Gasteiger charge is -2.27. The van der Waals surface area contributed by atoms with Crippen molar-refractivity contribution in [1.29, 1.82) is 5.26 Å². The normalized spacial score (nSPS) is 14.2. The molecular formula is C32H34N2O6. The van der Waals surface area contributed by atoms with Crippen LogP contribution in [0, 0.1) is 17.2 Å². The third-order valence-corrected chi connectivity index (χ3v) is 6.36. The Bertz CT molecular complexity index is 1420. The first-order chi connectivity index (χ1) is 19.3. The van der Waals surface area contributed by atoms with Crippen LogP contribution >= 0.6 is 0 Å². The van der Waals surface area contributed by atoms with Crippen LogP contribution in [0.2, 0.25) is 0 Å². The summed E-state index contributed by atoms with van der Waals surface area (Å²) in [5.41, 5.74) is 8.36. The van der Waals surface area contributed by atoms with Crippen molar-refractivity contribution in [3.05, 3.63) is 88.8 Å². The second-order valence-corrected chi connectivity index (χ2v) is 9.64. The van der Waals surface area contributed by atoms with E-state index in [2.05, 4.69) is 19.9 Å². The molecule has 0 spiro atoms. The van der Waals surface area contributed by atoms with Crippen LogP contribution < -0.4 is 29.4 Å². The standard InChI is InChI=1S/C32H34N2O6/c1-5-36-23-10-7-21(8-11-23)32(35)39-24-12-13-25-28(18-24)40-31(34)26(19-33)30(25)22-9-14-27(29(17-22)37-6-2)38-16-15-20(3)4/h7-14,17-18,20,30H,5-6,15-16,34H2,1-4H3. The van der Waals surface area contributed by atoms with Gasteiger partial charge in [-0.05, 0) is 74.2 Å². The molecule has 0 radical (unpaired) electrons. The average Bonchev–Trinajstić information content (AvgIpc) is 2.93. The molecule has 1 aliphatic rings. The minimum Gasteiger partial charge on any atom is -0.494 e. The molecule has 3 aromatic rings. The zero-order chi connectivity index (χ0) is 28.6. The van der Waals surface area contributed by atoms with E-state index in [1.54, 1.807) is 42.5 Å². The molecule has 0 aliphatic carbocycles. The maximum atomic E-state index is 12.7. The Labute approximate surface area is 234 Å². The maximum absolute atomic E-state index is 12.7. The molecule has 1 unspecified atom stereocenters. The van der Waals surface area contributed by atoms with Crippen LogP contribution in [0.4, 0.5) is 0 Å². The second-order valence-electron chi connectivity index (χ2n) is 9.64. The zero-order valence-electron chi connectivity index (χ0n) is 23.2. The average molecular weight is 543 g/mol. The number of rotatable bonds is 11. The third kappa shape index (κ3) is 6.49. The molecule has 2 N–H and O–H groups in total. The highest BCUT2D eigenvalue weighted by Gasteiger charge is 2.32. The summed E-state index contributed by atoms with van der Waals surface area (Å²) in [6.07, 6.45) is 0.921. The Morgan fingerprint density at radius 1 is 0.950 bits per heavy atom. The summed E-state index contributed by atoms with van der Waals surface area (Å²) in [7, 11) is 0. The fourth-order valence-electron chi connectivity index (χ4n) is 4.36. The minimum atomic E-state index is -0.522. The molecule has 0 aromatic heterocycles. The summed E-state index contributed by atoms with van der Waals surface area (Å²) in [5.74, 6) is 2.07. The lowest BCUT2D eigenvalue weighted by molar-refractivity contribution is 0.0734. The summed E-state index contributed by atoms with van der Waals surface area (Å²) in [6.45, 7) is 9.66. The number of nitriles is 1. The van der Waals surface area contributed by atoms with E-state index in [0.717, 1.165) is 12.0 Å². The van der Waals surface area contributed by atoms with E-state index in [4.69, 9.17) is 29.4 Å². The molecule has 1 aliphatic heterocycles. The summed E-state index contributed by atoms with van der Waals surface area (Å²) in [6, 6.07) is 19.6. The monoisotopic (exact) mass is 542 g/mol. The minimum absolute atomic E-state index is 0.00907. The van der Waals surface area contributed by atoms with Gasteiger partial charge in [-0.15, -0.1) is 0 Å². The number of carbonyl (C=O) groups is 1. The van der Waals surface area contributed by atoms with Crippen LogP contribution in [0.25, 0.3) is 0 Å². The van der Waals surface area contributed by atoms with Gasteiger partial charge in [0.05, 0.1) is 31.3 Å². The van der Waals surface area contributed by atoms with Gasteiger partial charge in [0.25, 0.3) is 0 Å². The number of nitrogens with zero attached hydrogens (tertiary/aromatic N) is 1. The van der Waals surface area contributed by atoms with Crippen LogP contribution in [0.5, 0.6) is 28.7 Å². The molecule has 8 heteroatoms. The number of ether oxygens (including phenoxy) is 5. The van der Waals surface area contributed by atoms with Gasteiger partial charge in [0.2, 0.25) is 5.88 Å². The first-order valence-corrected chi connectivity index (χ1v) is 13.4. The topological polar surface area (TPSA) is 113 Å². The van der Waals surface area contributed by atoms with Crippen LogP contribution in [0.1, 0.15) is 61.5 Å². The highest BCUT2D eigenvalue weighted by atomic mass is 16.5. The Morgan fingerprint density at radius 3 is 2.35 bits per heavy atom. The fourth-order valence-corrected chi connectivity index (χ4v) is 4.36. The number of benzene rings is 3. The molecule has 208 valence electrons. The molecule has 0 fully saturated rings. The van der Waals surface area contributed by atoms with E-state index in [9.17, 15) is 10.1 Å². The van der Waals surface area contributed by atoms with Gasteiger partial charge in [0.1, 0.15) is 28.9 Å². The smallest absolute Gasteiger partial charge is 0.343 e. The number of hydrogen-bond donors (Lipinski definition) is 1. The number of nitrogens with two attached hydrogens (primary N) is 1. The number of esters is 1. The van der Waals surface area contributed by atoms with Crippen molar-refractivity contribution < 1.29 is 28.5 Å². The molecule has 0 saturated heterocycles. The van der Waals surface area contributed by atoms with Gasteiger partial charge < -0.3 is 29.4 Å². The molecule has 0 bridgehead atoms. The molecule has 8 nitrogen and oxygen atoms in total. The van der Waals surface area contributed by atoms with Crippen molar-refractivity contribution in [3.63, 3.8) is 0 Å². The highest BCUT2D eigenvalue weighted by molar-refractivity contribution is 5.91. The lowest BCUT2D eigenvalue weighted by Crippen LogP contribution is -2.21. The van der Waals surface area contributed by atoms with E-state index in [0.29, 0.717) is 59.9 Å². The molecular weight excluding hydrogens is 508 g/mol. The lowest BCUT2D eigenvalue weighted by atomic mass is 9.83. The Balaban J connectivity index is 1.62. The van der Waals surface area contributed by atoms with Gasteiger partial charge in [-0.25, -0.2) is 4.79 Å².